The molecule has 18 heavy (non-hydrogen) atoms. The Morgan fingerprint density at radius 3 is 2.78 bits per heavy atom. The Morgan fingerprint density at radius 2 is 2.06 bits per heavy atom. The minimum absolute atomic E-state index is 0.248. The van der Waals surface area contributed by atoms with Gasteiger partial charge in [0.15, 0.2) is 0 Å². The summed E-state index contributed by atoms with van der Waals surface area (Å²) in [6.07, 6.45) is 0.120. The first-order chi connectivity index (χ1) is 8.47. The van der Waals surface area contributed by atoms with Gasteiger partial charge in [-0.3, -0.25) is 0 Å². The maximum atomic E-state index is 10.2. The second-order valence-electron chi connectivity index (χ2n) is 6.01. The van der Waals surface area contributed by atoms with Crippen LogP contribution in [0.25, 0.3) is 0 Å². The maximum absolute atomic E-state index is 10.2. The van der Waals surface area contributed by atoms with Gasteiger partial charge in [0.1, 0.15) is 24.6 Å². The average molecular weight is 250 g/mol. The van der Waals surface area contributed by atoms with Gasteiger partial charge in [-0.25, -0.2) is 0 Å². The topological polar surface area (TPSA) is 38.7 Å². The molecule has 1 heterocycles. The zero-order chi connectivity index (χ0) is 13.2. The Morgan fingerprint density at radius 1 is 1.33 bits per heavy atom. The van der Waals surface area contributed by atoms with E-state index in [1.54, 1.807) is 0 Å². The quantitative estimate of drug-likeness (QED) is 0.896. The normalized spacial score (nSPS) is 23.3. The minimum atomic E-state index is -0.588. The highest BCUT2D eigenvalue weighted by Crippen LogP contribution is 2.33. The van der Waals surface area contributed by atoms with Crippen LogP contribution in [0, 0.1) is 5.41 Å². The van der Waals surface area contributed by atoms with Gasteiger partial charge >= 0.3 is 0 Å². The first-order valence-electron chi connectivity index (χ1n) is 6.49. The van der Waals surface area contributed by atoms with Crippen LogP contribution in [0.15, 0.2) is 24.3 Å². The van der Waals surface area contributed by atoms with Crippen molar-refractivity contribution in [3.8, 4) is 5.75 Å². The maximum Gasteiger partial charge on any atom is 0.125 e. The Balaban J connectivity index is 1.93. The molecule has 0 radical (unpaired) electrons. The fourth-order valence-electron chi connectivity index (χ4n) is 1.98. The zero-order valence-electron chi connectivity index (χ0n) is 11.3. The zero-order valence-corrected chi connectivity index (χ0v) is 11.3. The van der Waals surface area contributed by atoms with Crippen molar-refractivity contribution < 1.29 is 14.6 Å². The van der Waals surface area contributed by atoms with E-state index in [0.29, 0.717) is 13.2 Å². The minimum Gasteiger partial charge on any atom is -0.490 e. The predicted molar refractivity (Wildman–Crippen MR) is 70.7 cm³/mol. The van der Waals surface area contributed by atoms with Gasteiger partial charge in [0, 0.05) is 12.2 Å². The highest BCUT2D eigenvalue weighted by Gasteiger charge is 2.29. The molecule has 2 unspecified atom stereocenters. The summed E-state index contributed by atoms with van der Waals surface area (Å²) in [6, 6.07) is 7.58. The van der Waals surface area contributed by atoms with E-state index in [2.05, 4.69) is 20.8 Å². The van der Waals surface area contributed by atoms with Gasteiger partial charge in [-0.15, -0.1) is 0 Å². The number of fused-ring (bicyclic) bond motifs is 1. The molecular formula is C15H22O3. The molecular weight excluding hydrogens is 228 g/mol. The summed E-state index contributed by atoms with van der Waals surface area (Å²) in [7, 11) is 0. The van der Waals surface area contributed by atoms with Crippen molar-refractivity contribution in [1.82, 2.24) is 0 Å². The standard InChI is InChI=1S/C15H22O3/c1-15(2,3)8-9-17-13-10-18-12-7-5-4-6-11(12)14(13)16/h4-7,13-14,16H,8-10H2,1-3H3. The van der Waals surface area contributed by atoms with Crippen molar-refractivity contribution in [2.24, 2.45) is 5.41 Å². The van der Waals surface area contributed by atoms with Gasteiger partial charge in [-0.05, 0) is 17.9 Å². The molecule has 0 saturated heterocycles. The summed E-state index contributed by atoms with van der Waals surface area (Å²) in [4.78, 5) is 0. The SMILES string of the molecule is CC(C)(C)CCOC1COc2ccccc2C1O. The Hall–Kier alpha value is -1.06. The molecule has 1 N–H and O–H groups in total. The van der Waals surface area contributed by atoms with Gasteiger partial charge in [0.05, 0.1) is 0 Å². The lowest BCUT2D eigenvalue weighted by atomic mass is 9.93. The van der Waals surface area contributed by atoms with Crippen molar-refractivity contribution in [1.29, 1.82) is 0 Å². The molecule has 0 aromatic heterocycles. The molecule has 0 aliphatic carbocycles. The third kappa shape index (κ3) is 3.24. The summed E-state index contributed by atoms with van der Waals surface area (Å²) in [5, 5.41) is 10.2. The Kier molecular flexibility index (Phi) is 3.93. The van der Waals surface area contributed by atoms with Crippen LogP contribution in [0.1, 0.15) is 38.9 Å². The molecule has 0 bridgehead atoms. The van der Waals surface area contributed by atoms with Crippen molar-refractivity contribution in [2.75, 3.05) is 13.2 Å². The molecule has 1 aliphatic heterocycles. The molecule has 1 aromatic carbocycles. The third-order valence-corrected chi connectivity index (χ3v) is 3.18. The molecule has 1 aromatic rings. The smallest absolute Gasteiger partial charge is 0.125 e. The number of hydrogen-bond acceptors (Lipinski definition) is 3. The monoisotopic (exact) mass is 250 g/mol. The van der Waals surface area contributed by atoms with Gasteiger partial charge in [-0.2, -0.15) is 0 Å². The molecule has 100 valence electrons. The predicted octanol–water partition coefficient (Wildman–Crippen LogP) is 2.93. The van der Waals surface area contributed by atoms with E-state index >= 15 is 0 Å². The van der Waals surface area contributed by atoms with E-state index in [1.165, 1.54) is 0 Å². The number of aliphatic hydroxyl groups excluding tert-OH is 1. The first-order valence-corrected chi connectivity index (χ1v) is 6.49. The molecule has 0 spiro atoms. The third-order valence-electron chi connectivity index (χ3n) is 3.18. The summed E-state index contributed by atoms with van der Waals surface area (Å²) >= 11 is 0. The number of benzene rings is 1. The number of ether oxygens (including phenoxy) is 2. The molecule has 0 amide bonds. The fraction of sp³-hybridized carbons (Fsp3) is 0.600. The lowest BCUT2D eigenvalue weighted by Gasteiger charge is -2.31. The highest BCUT2D eigenvalue weighted by atomic mass is 16.5. The summed E-state index contributed by atoms with van der Waals surface area (Å²) < 4.78 is 11.4. The number of hydrogen-bond donors (Lipinski definition) is 1. The lowest BCUT2D eigenvalue weighted by molar-refractivity contribution is -0.0770. The van der Waals surface area contributed by atoms with E-state index < -0.39 is 6.10 Å². The van der Waals surface area contributed by atoms with E-state index in [9.17, 15) is 5.11 Å². The average Bonchev–Trinajstić information content (AvgIpc) is 2.31. The second kappa shape index (κ2) is 5.29. The molecule has 1 aliphatic rings. The van der Waals surface area contributed by atoms with Crippen molar-refractivity contribution >= 4 is 0 Å². The van der Waals surface area contributed by atoms with Crippen LogP contribution in [-0.2, 0) is 4.74 Å². The van der Waals surface area contributed by atoms with E-state index in [1.807, 2.05) is 24.3 Å². The molecule has 3 heteroatoms. The van der Waals surface area contributed by atoms with Gasteiger partial charge in [0.25, 0.3) is 0 Å². The lowest BCUT2D eigenvalue weighted by Crippen LogP contribution is -2.34. The van der Waals surface area contributed by atoms with Crippen LogP contribution in [0.3, 0.4) is 0 Å². The first kappa shape index (κ1) is 13.4. The van der Waals surface area contributed by atoms with Crippen molar-refractivity contribution in [3.05, 3.63) is 29.8 Å². The van der Waals surface area contributed by atoms with Gasteiger partial charge < -0.3 is 14.6 Å². The fourth-order valence-corrected chi connectivity index (χ4v) is 1.98. The second-order valence-corrected chi connectivity index (χ2v) is 6.01. The number of aliphatic hydroxyl groups is 1. The molecule has 2 rings (SSSR count). The molecule has 0 saturated carbocycles. The van der Waals surface area contributed by atoms with Crippen LogP contribution in [0.4, 0.5) is 0 Å². The van der Waals surface area contributed by atoms with Crippen LogP contribution < -0.4 is 4.74 Å². The van der Waals surface area contributed by atoms with E-state index in [4.69, 9.17) is 9.47 Å². The Labute approximate surface area is 109 Å². The molecule has 0 fully saturated rings. The largest absolute Gasteiger partial charge is 0.490 e. The summed E-state index contributed by atoms with van der Waals surface area (Å²) in [6.45, 7) is 7.61. The summed E-state index contributed by atoms with van der Waals surface area (Å²) in [5.41, 5.74) is 1.07. The van der Waals surface area contributed by atoms with E-state index in [-0.39, 0.29) is 11.5 Å². The van der Waals surface area contributed by atoms with Crippen molar-refractivity contribution in [3.63, 3.8) is 0 Å². The van der Waals surface area contributed by atoms with Crippen LogP contribution in [-0.4, -0.2) is 24.4 Å². The van der Waals surface area contributed by atoms with Crippen LogP contribution >= 0.6 is 0 Å². The van der Waals surface area contributed by atoms with E-state index in [0.717, 1.165) is 17.7 Å². The van der Waals surface area contributed by atoms with Crippen molar-refractivity contribution in [2.45, 2.75) is 39.4 Å². The van der Waals surface area contributed by atoms with Crippen LogP contribution in [0.5, 0.6) is 5.75 Å². The highest BCUT2D eigenvalue weighted by molar-refractivity contribution is 5.37. The Bertz CT molecular complexity index is 395. The number of para-hydroxylation sites is 1. The number of rotatable bonds is 3. The summed E-state index contributed by atoms with van der Waals surface area (Å²) in [5.74, 6) is 0.765. The molecule has 2 atom stereocenters. The van der Waals surface area contributed by atoms with Gasteiger partial charge in [0.2, 0.25) is 0 Å². The van der Waals surface area contributed by atoms with Gasteiger partial charge in [-0.1, -0.05) is 39.0 Å². The van der Waals surface area contributed by atoms with Crippen LogP contribution in [0.2, 0.25) is 0 Å². The molecule has 3 nitrogen and oxygen atoms in total.